The van der Waals surface area contributed by atoms with E-state index in [0.29, 0.717) is 6.04 Å². The molecular formula is C17H34IN5. The van der Waals surface area contributed by atoms with E-state index in [0.717, 1.165) is 31.3 Å². The van der Waals surface area contributed by atoms with Gasteiger partial charge in [-0.1, -0.05) is 26.7 Å². The van der Waals surface area contributed by atoms with E-state index in [2.05, 4.69) is 47.7 Å². The average molecular weight is 435 g/mol. The summed E-state index contributed by atoms with van der Waals surface area (Å²) in [5.41, 5.74) is 1.29. The highest BCUT2D eigenvalue weighted by Gasteiger charge is 2.05. The van der Waals surface area contributed by atoms with Crippen molar-refractivity contribution in [3.05, 3.63) is 18.0 Å². The number of guanidine groups is 1. The second kappa shape index (κ2) is 12.6. The molecule has 23 heavy (non-hydrogen) atoms. The van der Waals surface area contributed by atoms with Crippen molar-refractivity contribution in [1.82, 2.24) is 20.4 Å². The minimum atomic E-state index is 0. The number of aromatic nitrogens is 2. The van der Waals surface area contributed by atoms with Crippen molar-refractivity contribution in [2.45, 2.75) is 58.9 Å². The molecule has 5 nitrogen and oxygen atoms in total. The first-order chi connectivity index (χ1) is 10.5. The van der Waals surface area contributed by atoms with Crippen LogP contribution in [0, 0.1) is 5.92 Å². The van der Waals surface area contributed by atoms with Crippen molar-refractivity contribution in [1.29, 1.82) is 0 Å². The van der Waals surface area contributed by atoms with Gasteiger partial charge in [0.15, 0.2) is 5.96 Å². The normalized spacial score (nSPS) is 12.9. The predicted molar refractivity (Wildman–Crippen MR) is 110 cm³/mol. The van der Waals surface area contributed by atoms with Crippen molar-refractivity contribution in [3.8, 4) is 0 Å². The summed E-state index contributed by atoms with van der Waals surface area (Å²) in [5.74, 6) is 1.69. The molecular weight excluding hydrogens is 401 g/mol. The standard InChI is InChI=1S/C17H33N5.HI/c1-14(2)8-6-9-15(3)21-17(18-4)19-11-7-10-16-12-20-22(5)13-16;/h12-15H,6-11H2,1-5H3,(H2,18,19,21);1H. The quantitative estimate of drug-likeness (QED) is 0.271. The maximum Gasteiger partial charge on any atom is 0.191 e. The van der Waals surface area contributed by atoms with Crippen LogP contribution in [-0.4, -0.2) is 35.4 Å². The molecule has 0 amide bonds. The zero-order chi connectivity index (χ0) is 16.4. The van der Waals surface area contributed by atoms with Crippen LogP contribution in [0.15, 0.2) is 17.4 Å². The maximum absolute atomic E-state index is 4.30. The lowest BCUT2D eigenvalue weighted by molar-refractivity contribution is 0.491. The molecule has 0 spiro atoms. The van der Waals surface area contributed by atoms with E-state index in [4.69, 9.17) is 0 Å². The third-order valence-corrected chi connectivity index (χ3v) is 3.72. The predicted octanol–water partition coefficient (Wildman–Crippen LogP) is 3.35. The fraction of sp³-hybridized carbons (Fsp3) is 0.765. The fourth-order valence-corrected chi connectivity index (χ4v) is 2.43. The van der Waals surface area contributed by atoms with Gasteiger partial charge in [-0.15, -0.1) is 24.0 Å². The summed E-state index contributed by atoms with van der Waals surface area (Å²) in [5, 5.41) is 11.0. The Hall–Kier alpha value is -0.790. The number of aliphatic imine (C=N–C) groups is 1. The minimum Gasteiger partial charge on any atom is -0.356 e. The maximum atomic E-state index is 4.30. The Morgan fingerprint density at radius 3 is 2.57 bits per heavy atom. The van der Waals surface area contributed by atoms with Gasteiger partial charge in [-0.3, -0.25) is 9.67 Å². The van der Waals surface area contributed by atoms with Crippen LogP contribution in [-0.2, 0) is 13.5 Å². The van der Waals surface area contributed by atoms with Gasteiger partial charge >= 0.3 is 0 Å². The fourth-order valence-electron chi connectivity index (χ4n) is 2.43. The molecule has 1 unspecified atom stereocenters. The molecule has 1 heterocycles. The SMILES string of the molecule is CN=C(NCCCc1cnn(C)c1)NC(C)CCCC(C)C.I. The minimum absolute atomic E-state index is 0. The van der Waals surface area contributed by atoms with Crippen molar-refractivity contribution in [2.75, 3.05) is 13.6 Å². The first kappa shape index (κ1) is 22.2. The van der Waals surface area contributed by atoms with Crippen LogP contribution < -0.4 is 10.6 Å². The molecule has 0 aliphatic heterocycles. The molecule has 0 aromatic carbocycles. The van der Waals surface area contributed by atoms with Crippen LogP contribution >= 0.6 is 24.0 Å². The number of aryl methyl sites for hydroxylation is 2. The molecule has 2 N–H and O–H groups in total. The lowest BCUT2D eigenvalue weighted by Gasteiger charge is -2.18. The summed E-state index contributed by atoms with van der Waals surface area (Å²) in [4.78, 5) is 4.30. The number of nitrogens with zero attached hydrogens (tertiary/aromatic N) is 3. The van der Waals surface area contributed by atoms with Crippen LogP contribution in [0.2, 0.25) is 0 Å². The molecule has 0 bridgehead atoms. The van der Waals surface area contributed by atoms with Gasteiger partial charge in [0.2, 0.25) is 0 Å². The Bertz CT molecular complexity index is 442. The van der Waals surface area contributed by atoms with Gasteiger partial charge in [-0.2, -0.15) is 5.10 Å². The van der Waals surface area contributed by atoms with E-state index in [1.807, 2.05) is 25.0 Å². The Kier molecular flexibility index (Phi) is 12.2. The number of rotatable bonds is 9. The topological polar surface area (TPSA) is 54.2 Å². The summed E-state index contributed by atoms with van der Waals surface area (Å²) in [6.45, 7) is 7.71. The Morgan fingerprint density at radius 2 is 2.00 bits per heavy atom. The van der Waals surface area contributed by atoms with Gasteiger partial charge in [-0.25, -0.2) is 0 Å². The second-order valence-corrected chi connectivity index (χ2v) is 6.49. The van der Waals surface area contributed by atoms with Crippen molar-refractivity contribution in [2.24, 2.45) is 18.0 Å². The third kappa shape index (κ3) is 10.6. The molecule has 0 aliphatic carbocycles. The van der Waals surface area contributed by atoms with Gasteiger partial charge < -0.3 is 10.6 Å². The van der Waals surface area contributed by atoms with Gasteiger partial charge in [0, 0.05) is 32.9 Å². The third-order valence-electron chi connectivity index (χ3n) is 3.72. The van der Waals surface area contributed by atoms with Crippen LogP contribution in [0.25, 0.3) is 0 Å². The number of halogens is 1. The van der Waals surface area contributed by atoms with E-state index >= 15 is 0 Å². The monoisotopic (exact) mass is 435 g/mol. The van der Waals surface area contributed by atoms with Gasteiger partial charge in [0.1, 0.15) is 0 Å². The number of hydrogen-bond acceptors (Lipinski definition) is 2. The van der Waals surface area contributed by atoms with Gasteiger partial charge in [-0.05, 0) is 37.7 Å². The number of nitrogens with one attached hydrogen (secondary N) is 2. The molecule has 0 aliphatic rings. The van der Waals surface area contributed by atoms with E-state index in [1.165, 1.54) is 24.8 Å². The zero-order valence-electron chi connectivity index (χ0n) is 15.3. The molecule has 1 aromatic rings. The van der Waals surface area contributed by atoms with E-state index in [-0.39, 0.29) is 24.0 Å². The summed E-state index contributed by atoms with van der Waals surface area (Å²) in [7, 11) is 3.78. The molecule has 6 heteroatoms. The van der Waals surface area contributed by atoms with Gasteiger partial charge in [0.05, 0.1) is 6.20 Å². The summed E-state index contributed by atoms with van der Waals surface area (Å²) in [6, 6.07) is 0.461. The van der Waals surface area contributed by atoms with E-state index in [1.54, 1.807) is 0 Å². The Labute approximate surface area is 158 Å². The van der Waals surface area contributed by atoms with Gasteiger partial charge in [0.25, 0.3) is 0 Å². The highest BCUT2D eigenvalue weighted by atomic mass is 127. The summed E-state index contributed by atoms with van der Waals surface area (Å²) in [6.07, 6.45) is 9.88. The highest BCUT2D eigenvalue weighted by molar-refractivity contribution is 14.0. The first-order valence-electron chi connectivity index (χ1n) is 8.46. The molecule has 1 atom stereocenters. The largest absolute Gasteiger partial charge is 0.356 e. The molecule has 0 saturated heterocycles. The molecule has 0 fully saturated rings. The average Bonchev–Trinajstić information content (AvgIpc) is 2.87. The molecule has 0 radical (unpaired) electrons. The van der Waals surface area contributed by atoms with Crippen LogP contribution in [0.3, 0.4) is 0 Å². The molecule has 134 valence electrons. The zero-order valence-corrected chi connectivity index (χ0v) is 17.6. The number of hydrogen-bond donors (Lipinski definition) is 2. The van der Waals surface area contributed by atoms with Crippen LogP contribution in [0.5, 0.6) is 0 Å². The molecule has 1 aromatic heterocycles. The Balaban J connectivity index is 0.00000484. The second-order valence-electron chi connectivity index (χ2n) is 6.49. The van der Waals surface area contributed by atoms with Crippen LogP contribution in [0.1, 0.15) is 52.0 Å². The van der Waals surface area contributed by atoms with Crippen LogP contribution in [0.4, 0.5) is 0 Å². The van der Waals surface area contributed by atoms with E-state index in [9.17, 15) is 0 Å². The smallest absolute Gasteiger partial charge is 0.191 e. The lowest BCUT2D eigenvalue weighted by Crippen LogP contribution is -2.42. The first-order valence-corrected chi connectivity index (χ1v) is 8.46. The summed E-state index contributed by atoms with van der Waals surface area (Å²) >= 11 is 0. The van der Waals surface area contributed by atoms with Crippen molar-refractivity contribution >= 4 is 29.9 Å². The summed E-state index contributed by atoms with van der Waals surface area (Å²) < 4.78 is 1.85. The van der Waals surface area contributed by atoms with Crippen molar-refractivity contribution < 1.29 is 0 Å². The Morgan fingerprint density at radius 1 is 1.26 bits per heavy atom. The lowest BCUT2D eigenvalue weighted by atomic mass is 10.0. The van der Waals surface area contributed by atoms with E-state index < -0.39 is 0 Å². The highest BCUT2D eigenvalue weighted by Crippen LogP contribution is 2.08. The molecule has 1 rings (SSSR count). The van der Waals surface area contributed by atoms with Crippen molar-refractivity contribution in [3.63, 3.8) is 0 Å². The molecule has 0 saturated carbocycles.